The Labute approximate surface area is 139 Å². The van der Waals surface area contributed by atoms with E-state index in [1.807, 2.05) is 16.5 Å². The largest absolute Gasteiger partial charge is 0.381 e. The topological polar surface area (TPSA) is 51.7 Å². The molecule has 22 heavy (non-hydrogen) atoms. The molecular weight excluding hydrogens is 320 g/mol. The highest BCUT2D eigenvalue weighted by Gasteiger charge is 2.52. The predicted octanol–water partition coefficient (Wildman–Crippen LogP) is 2.66. The summed E-state index contributed by atoms with van der Waals surface area (Å²) >= 11 is 3.10. The number of amides is 1. The summed E-state index contributed by atoms with van der Waals surface area (Å²) in [7, 11) is 3.51. The number of likely N-dealkylation sites (tertiary alicyclic amines) is 1. The molecule has 2 fully saturated rings. The Morgan fingerprint density at radius 2 is 2.32 bits per heavy atom. The molecule has 1 aliphatic carbocycles. The van der Waals surface area contributed by atoms with Gasteiger partial charge < -0.3 is 14.4 Å². The smallest absolute Gasteiger partial charge is 0.273 e. The van der Waals surface area contributed by atoms with E-state index in [2.05, 4.69) is 4.98 Å². The minimum atomic E-state index is -0.205. The molecule has 1 aliphatic heterocycles. The van der Waals surface area contributed by atoms with E-state index in [1.165, 1.54) is 11.3 Å². The number of fused-ring (bicyclic) bond motifs is 1. The van der Waals surface area contributed by atoms with Crippen LogP contribution < -0.4 is 0 Å². The maximum atomic E-state index is 12.8. The fourth-order valence-corrected chi connectivity index (χ4v) is 4.95. The molecule has 1 aromatic rings. The summed E-state index contributed by atoms with van der Waals surface area (Å²) in [6, 6.07) is 0.0862. The first kappa shape index (κ1) is 16.2. The molecule has 2 heterocycles. The molecule has 2 aliphatic rings. The normalized spacial score (nSPS) is 31.3. The third-order valence-corrected chi connectivity index (χ3v) is 6.88. The van der Waals surface area contributed by atoms with Gasteiger partial charge in [0.1, 0.15) is 10.0 Å². The molecule has 3 rings (SSSR count). The number of hydrogen-bond donors (Lipinski definition) is 0. The lowest BCUT2D eigenvalue weighted by Gasteiger charge is -2.43. The predicted molar refractivity (Wildman–Crippen MR) is 87.7 cm³/mol. The first-order valence-corrected chi connectivity index (χ1v) is 9.62. The molecule has 0 unspecified atom stereocenters. The van der Waals surface area contributed by atoms with Gasteiger partial charge in [-0.25, -0.2) is 4.98 Å². The minimum Gasteiger partial charge on any atom is -0.381 e. The molecule has 0 radical (unpaired) electrons. The van der Waals surface area contributed by atoms with Crippen LogP contribution in [0.1, 0.15) is 36.2 Å². The molecule has 0 spiro atoms. The Hall–Kier alpha value is -0.630. The number of rotatable bonds is 4. The van der Waals surface area contributed by atoms with Crippen LogP contribution in [0.2, 0.25) is 0 Å². The van der Waals surface area contributed by atoms with Gasteiger partial charge >= 0.3 is 0 Å². The lowest BCUT2D eigenvalue weighted by molar-refractivity contribution is -0.0894. The van der Waals surface area contributed by atoms with Gasteiger partial charge in [0.25, 0.3) is 5.91 Å². The lowest BCUT2D eigenvalue weighted by atomic mass is 9.79. The summed E-state index contributed by atoms with van der Waals surface area (Å²) < 4.78 is 12.3. The second-order valence-electron chi connectivity index (χ2n) is 5.87. The van der Waals surface area contributed by atoms with Crippen LogP contribution in [0.25, 0.3) is 0 Å². The number of thioether (sulfide) groups is 1. The molecule has 7 heteroatoms. The van der Waals surface area contributed by atoms with Crippen molar-refractivity contribution in [1.82, 2.24) is 9.88 Å². The monoisotopic (exact) mass is 342 g/mol. The fourth-order valence-electron chi connectivity index (χ4n) is 3.72. The number of methoxy groups -OCH3 is 2. The first-order chi connectivity index (χ1) is 10.6. The minimum absolute atomic E-state index is 0.0252. The Bertz CT molecular complexity index is 551. The first-order valence-electron chi connectivity index (χ1n) is 7.52. The molecule has 3 atom stereocenters. The number of nitrogens with zero attached hydrogens (tertiary/aromatic N) is 2. The Kier molecular flexibility index (Phi) is 4.77. The average molecular weight is 342 g/mol. The van der Waals surface area contributed by atoms with Gasteiger partial charge in [-0.2, -0.15) is 0 Å². The van der Waals surface area contributed by atoms with Crippen molar-refractivity contribution in [3.05, 3.63) is 11.1 Å². The molecule has 122 valence electrons. The van der Waals surface area contributed by atoms with Gasteiger partial charge in [-0.15, -0.1) is 11.3 Å². The Morgan fingerprint density at radius 3 is 2.95 bits per heavy atom. The maximum Gasteiger partial charge on any atom is 0.273 e. The van der Waals surface area contributed by atoms with E-state index in [4.69, 9.17) is 9.47 Å². The van der Waals surface area contributed by atoms with Gasteiger partial charge in [-0.1, -0.05) is 11.8 Å². The highest BCUT2D eigenvalue weighted by molar-refractivity contribution is 8.00. The van der Waals surface area contributed by atoms with Crippen LogP contribution in [-0.4, -0.2) is 60.6 Å². The van der Waals surface area contributed by atoms with Crippen LogP contribution in [0.5, 0.6) is 0 Å². The zero-order chi connectivity index (χ0) is 15.7. The zero-order valence-electron chi connectivity index (χ0n) is 13.2. The van der Waals surface area contributed by atoms with Gasteiger partial charge in [-0.3, -0.25) is 4.79 Å². The van der Waals surface area contributed by atoms with Crippen molar-refractivity contribution in [2.45, 2.75) is 47.8 Å². The van der Waals surface area contributed by atoms with Crippen LogP contribution in [0.3, 0.4) is 0 Å². The van der Waals surface area contributed by atoms with Crippen LogP contribution in [-0.2, 0) is 9.47 Å². The summed E-state index contributed by atoms with van der Waals surface area (Å²) in [6.45, 7) is 0.736. The number of carbonyl (C=O) groups excluding carboxylic acids is 1. The van der Waals surface area contributed by atoms with Crippen molar-refractivity contribution in [3.63, 3.8) is 0 Å². The zero-order valence-corrected chi connectivity index (χ0v) is 14.8. The number of thiazole rings is 1. The average Bonchev–Trinajstić information content (AvgIpc) is 3.18. The van der Waals surface area contributed by atoms with E-state index in [1.54, 1.807) is 26.0 Å². The van der Waals surface area contributed by atoms with Crippen LogP contribution in [0, 0.1) is 0 Å². The summed E-state index contributed by atoms with van der Waals surface area (Å²) in [6.07, 6.45) is 5.87. The molecule has 1 aromatic heterocycles. The van der Waals surface area contributed by atoms with E-state index in [9.17, 15) is 4.79 Å². The molecule has 1 amide bonds. The molecule has 1 saturated carbocycles. The molecule has 5 nitrogen and oxygen atoms in total. The summed E-state index contributed by atoms with van der Waals surface area (Å²) in [5.41, 5.74) is 0.351. The molecular formula is C15H22N2O3S2. The van der Waals surface area contributed by atoms with Crippen LogP contribution in [0.4, 0.5) is 0 Å². The van der Waals surface area contributed by atoms with E-state index in [0.717, 1.165) is 36.6 Å². The van der Waals surface area contributed by atoms with E-state index >= 15 is 0 Å². The van der Waals surface area contributed by atoms with Gasteiger partial charge in [-0.05, 0) is 31.9 Å². The van der Waals surface area contributed by atoms with Gasteiger partial charge in [0.2, 0.25) is 0 Å². The van der Waals surface area contributed by atoms with E-state index in [0.29, 0.717) is 5.69 Å². The number of carbonyl (C=O) groups is 1. The van der Waals surface area contributed by atoms with E-state index < -0.39 is 0 Å². The molecule has 0 aromatic carbocycles. The quantitative estimate of drug-likeness (QED) is 0.788. The summed E-state index contributed by atoms with van der Waals surface area (Å²) in [5.74, 6) is 0.0252. The Morgan fingerprint density at radius 1 is 1.50 bits per heavy atom. The number of aromatic nitrogens is 1. The van der Waals surface area contributed by atoms with E-state index in [-0.39, 0.29) is 23.7 Å². The third-order valence-electron chi connectivity index (χ3n) is 5.01. The number of hydrogen-bond acceptors (Lipinski definition) is 6. The third kappa shape index (κ3) is 2.68. The Balaban J connectivity index is 1.82. The van der Waals surface area contributed by atoms with Crippen molar-refractivity contribution in [3.8, 4) is 0 Å². The van der Waals surface area contributed by atoms with Crippen molar-refractivity contribution in [1.29, 1.82) is 0 Å². The van der Waals surface area contributed by atoms with Crippen molar-refractivity contribution >= 4 is 29.0 Å². The molecule has 0 bridgehead atoms. The SMILES string of the molecule is CO[C@H]1CC[C@@]2(OC)CCN(C(=O)c3csc(SC)n3)[C@H]2C1. The van der Waals surface area contributed by atoms with Crippen LogP contribution in [0.15, 0.2) is 9.72 Å². The highest BCUT2D eigenvalue weighted by atomic mass is 32.2. The van der Waals surface area contributed by atoms with Gasteiger partial charge in [0, 0.05) is 26.1 Å². The van der Waals surface area contributed by atoms with Crippen molar-refractivity contribution < 1.29 is 14.3 Å². The number of ether oxygens (including phenoxy) is 2. The second kappa shape index (κ2) is 6.47. The van der Waals surface area contributed by atoms with Crippen LogP contribution >= 0.6 is 23.1 Å². The van der Waals surface area contributed by atoms with Gasteiger partial charge in [0.05, 0.1) is 17.7 Å². The standard InChI is InChI=1S/C15H22N2O3S2/c1-19-10-4-5-15(20-2)6-7-17(12(15)8-10)13(18)11-9-22-14(16-11)21-3/h9-10,12H,4-8H2,1-3H3/t10-,12-,15+/m0/s1. The van der Waals surface area contributed by atoms with Crippen molar-refractivity contribution in [2.75, 3.05) is 27.0 Å². The summed E-state index contributed by atoms with van der Waals surface area (Å²) in [4.78, 5) is 19.2. The second-order valence-corrected chi connectivity index (χ2v) is 7.78. The highest BCUT2D eigenvalue weighted by Crippen LogP contribution is 2.43. The summed E-state index contributed by atoms with van der Waals surface area (Å²) in [5, 5.41) is 1.86. The maximum absolute atomic E-state index is 12.8. The fraction of sp³-hybridized carbons (Fsp3) is 0.733. The van der Waals surface area contributed by atoms with Gasteiger partial charge in [0.15, 0.2) is 0 Å². The lowest BCUT2D eigenvalue weighted by Crippen LogP contribution is -2.53. The molecule has 0 N–H and O–H groups in total. The molecule has 1 saturated heterocycles. The van der Waals surface area contributed by atoms with Crippen molar-refractivity contribution in [2.24, 2.45) is 0 Å².